The molecule has 0 saturated carbocycles. The average Bonchev–Trinajstić information content (AvgIpc) is 3.13. The molecule has 5 heteroatoms. The number of carbonyl (C=O) groups excluding carboxylic acids is 1. The Hall–Kier alpha value is -2.14. The van der Waals surface area contributed by atoms with Crippen LogP contribution in [0.2, 0.25) is 0 Å². The molecule has 1 atom stereocenters. The molecule has 1 aliphatic heterocycles. The van der Waals surface area contributed by atoms with E-state index in [4.69, 9.17) is 4.42 Å². The van der Waals surface area contributed by atoms with Gasteiger partial charge in [-0.2, -0.15) is 0 Å². The van der Waals surface area contributed by atoms with Gasteiger partial charge in [0.25, 0.3) is 5.91 Å². The highest BCUT2D eigenvalue weighted by Crippen LogP contribution is 2.22. The lowest BCUT2D eigenvalue weighted by atomic mass is 9.90. The third-order valence-corrected chi connectivity index (χ3v) is 5.21. The number of hydrogen-bond acceptors (Lipinski definition) is 4. The second kappa shape index (κ2) is 8.99. The summed E-state index contributed by atoms with van der Waals surface area (Å²) in [6.07, 6.45) is 5.91. The van der Waals surface area contributed by atoms with Gasteiger partial charge in [-0.15, -0.1) is 0 Å². The average molecular weight is 355 g/mol. The van der Waals surface area contributed by atoms with Crippen LogP contribution in [-0.4, -0.2) is 34.9 Å². The monoisotopic (exact) mass is 355 g/mol. The first-order chi connectivity index (χ1) is 12.6. The number of nitrogens with one attached hydrogen (secondary N) is 1. The predicted molar refractivity (Wildman–Crippen MR) is 102 cm³/mol. The molecule has 1 aromatic carbocycles. The van der Waals surface area contributed by atoms with E-state index in [1.54, 1.807) is 0 Å². The molecule has 0 spiro atoms. The minimum absolute atomic E-state index is 0.145. The van der Waals surface area contributed by atoms with Gasteiger partial charge in [0, 0.05) is 6.04 Å². The number of amides is 1. The predicted octanol–water partition coefficient (Wildman–Crippen LogP) is 3.66. The topological polar surface area (TPSA) is 58.4 Å². The third kappa shape index (κ3) is 5.18. The quantitative estimate of drug-likeness (QED) is 0.823. The van der Waals surface area contributed by atoms with Gasteiger partial charge < -0.3 is 9.73 Å². The van der Waals surface area contributed by atoms with Crippen molar-refractivity contribution in [2.75, 3.05) is 13.1 Å². The van der Waals surface area contributed by atoms with Crippen LogP contribution >= 0.6 is 0 Å². The van der Waals surface area contributed by atoms with E-state index in [1.807, 2.05) is 13.8 Å². The fourth-order valence-corrected chi connectivity index (χ4v) is 3.37. The zero-order valence-corrected chi connectivity index (χ0v) is 15.8. The summed E-state index contributed by atoms with van der Waals surface area (Å²) in [5.74, 6) is 1.21. The molecule has 5 nitrogen and oxygen atoms in total. The molecule has 3 rings (SSSR count). The molecule has 1 N–H and O–H groups in total. The van der Waals surface area contributed by atoms with Crippen LogP contribution in [0.4, 0.5) is 0 Å². The van der Waals surface area contributed by atoms with Gasteiger partial charge in [0.2, 0.25) is 5.89 Å². The lowest BCUT2D eigenvalue weighted by Gasteiger charge is -2.31. The van der Waals surface area contributed by atoms with E-state index in [0.29, 0.717) is 18.1 Å². The van der Waals surface area contributed by atoms with E-state index >= 15 is 0 Å². The third-order valence-electron chi connectivity index (χ3n) is 5.21. The zero-order chi connectivity index (χ0) is 18.4. The molecule has 1 aliphatic rings. The van der Waals surface area contributed by atoms with Crippen molar-refractivity contribution in [2.24, 2.45) is 5.92 Å². The number of likely N-dealkylation sites (tertiary alicyclic amines) is 1. The Bertz CT molecular complexity index is 690. The molecule has 0 bridgehead atoms. The Labute approximate surface area is 155 Å². The highest BCUT2D eigenvalue weighted by atomic mass is 16.3. The molecular weight excluding hydrogens is 326 g/mol. The molecule has 1 saturated heterocycles. The van der Waals surface area contributed by atoms with E-state index < -0.39 is 0 Å². The van der Waals surface area contributed by atoms with Crippen LogP contribution < -0.4 is 5.32 Å². The highest BCUT2D eigenvalue weighted by molar-refractivity contribution is 5.92. The number of carbonyl (C=O) groups is 1. The molecule has 1 fully saturated rings. The molecule has 0 unspecified atom stereocenters. The number of oxazole rings is 1. The van der Waals surface area contributed by atoms with E-state index in [2.05, 4.69) is 45.5 Å². The Balaban J connectivity index is 1.45. The first-order valence-electron chi connectivity index (χ1n) is 9.65. The molecule has 2 heterocycles. The van der Waals surface area contributed by atoms with Crippen molar-refractivity contribution in [1.82, 2.24) is 15.2 Å². The van der Waals surface area contributed by atoms with Crippen LogP contribution in [0.1, 0.15) is 55.1 Å². The van der Waals surface area contributed by atoms with Crippen molar-refractivity contribution in [3.05, 3.63) is 53.7 Å². The Morgan fingerprint density at radius 3 is 2.73 bits per heavy atom. The van der Waals surface area contributed by atoms with Crippen molar-refractivity contribution >= 4 is 5.91 Å². The van der Waals surface area contributed by atoms with Gasteiger partial charge in [0.15, 0.2) is 5.69 Å². The number of piperidine rings is 1. The Morgan fingerprint density at radius 1 is 1.31 bits per heavy atom. The summed E-state index contributed by atoms with van der Waals surface area (Å²) < 4.78 is 5.51. The highest BCUT2D eigenvalue weighted by Gasteiger charge is 2.21. The second-order valence-corrected chi connectivity index (χ2v) is 7.32. The molecule has 140 valence electrons. The number of nitrogens with zero attached hydrogens (tertiary/aromatic N) is 2. The van der Waals surface area contributed by atoms with Crippen LogP contribution in [0, 0.1) is 5.92 Å². The van der Waals surface area contributed by atoms with Gasteiger partial charge in [-0.1, -0.05) is 37.3 Å². The van der Waals surface area contributed by atoms with Crippen LogP contribution in [-0.2, 0) is 13.0 Å². The first kappa shape index (κ1) is 18.6. The number of rotatable bonds is 7. The molecule has 0 aliphatic carbocycles. The number of aromatic nitrogens is 1. The fourth-order valence-electron chi connectivity index (χ4n) is 3.37. The van der Waals surface area contributed by atoms with Gasteiger partial charge >= 0.3 is 0 Å². The molecule has 1 aromatic heterocycles. The fraction of sp³-hybridized carbons (Fsp3) is 0.524. The summed E-state index contributed by atoms with van der Waals surface area (Å²) in [5.41, 5.74) is 1.80. The van der Waals surface area contributed by atoms with Crippen LogP contribution in [0.25, 0.3) is 0 Å². The molecular formula is C21H29N3O2. The first-order valence-corrected chi connectivity index (χ1v) is 9.65. The lowest BCUT2D eigenvalue weighted by Crippen LogP contribution is -2.34. The molecule has 1 amide bonds. The summed E-state index contributed by atoms with van der Waals surface area (Å²) in [5, 5.41) is 2.92. The summed E-state index contributed by atoms with van der Waals surface area (Å²) in [6, 6.07) is 10.9. The molecule has 2 aromatic rings. The number of hydrogen-bond donors (Lipinski definition) is 1. The van der Waals surface area contributed by atoms with E-state index in [1.165, 1.54) is 24.7 Å². The van der Waals surface area contributed by atoms with Crippen LogP contribution in [0.3, 0.4) is 0 Å². The van der Waals surface area contributed by atoms with Gasteiger partial charge in [-0.3, -0.25) is 9.69 Å². The van der Waals surface area contributed by atoms with Crippen molar-refractivity contribution in [3.8, 4) is 0 Å². The smallest absolute Gasteiger partial charge is 0.273 e. The Morgan fingerprint density at radius 2 is 2.04 bits per heavy atom. The van der Waals surface area contributed by atoms with E-state index in [0.717, 1.165) is 31.8 Å². The minimum Gasteiger partial charge on any atom is -0.447 e. The van der Waals surface area contributed by atoms with Crippen molar-refractivity contribution in [1.29, 1.82) is 0 Å². The SMILES string of the molecule is CC[C@H](C)NC(=O)c1coc(CN2CCC(Cc3ccccc3)CC2)n1. The summed E-state index contributed by atoms with van der Waals surface area (Å²) in [6.45, 7) is 6.80. The van der Waals surface area contributed by atoms with Gasteiger partial charge in [0.1, 0.15) is 6.26 Å². The molecule has 26 heavy (non-hydrogen) atoms. The lowest BCUT2D eigenvalue weighted by molar-refractivity contribution is 0.0934. The molecule has 0 radical (unpaired) electrons. The van der Waals surface area contributed by atoms with Crippen LogP contribution in [0.5, 0.6) is 0 Å². The van der Waals surface area contributed by atoms with Crippen molar-refractivity contribution in [2.45, 2.75) is 52.1 Å². The number of benzene rings is 1. The van der Waals surface area contributed by atoms with Gasteiger partial charge in [-0.05, 0) is 57.2 Å². The second-order valence-electron chi connectivity index (χ2n) is 7.32. The van der Waals surface area contributed by atoms with Crippen LogP contribution in [0.15, 0.2) is 41.0 Å². The van der Waals surface area contributed by atoms with E-state index in [9.17, 15) is 4.79 Å². The normalized spacial score (nSPS) is 17.2. The maximum atomic E-state index is 12.1. The van der Waals surface area contributed by atoms with Gasteiger partial charge in [0.05, 0.1) is 6.54 Å². The summed E-state index contributed by atoms with van der Waals surface area (Å²) in [4.78, 5) is 18.8. The standard InChI is InChI=1S/C21H29N3O2/c1-3-16(2)22-21(25)19-15-26-20(23-19)14-24-11-9-18(10-12-24)13-17-7-5-4-6-8-17/h4-8,15-16,18H,3,9-14H2,1-2H3,(H,22,25)/t16-/m0/s1. The Kier molecular flexibility index (Phi) is 6.45. The summed E-state index contributed by atoms with van der Waals surface area (Å²) >= 11 is 0. The van der Waals surface area contributed by atoms with Crippen molar-refractivity contribution in [3.63, 3.8) is 0 Å². The van der Waals surface area contributed by atoms with Crippen molar-refractivity contribution < 1.29 is 9.21 Å². The maximum Gasteiger partial charge on any atom is 0.273 e. The zero-order valence-electron chi connectivity index (χ0n) is 15.8. The minimum atomic E-state index is -0.157. The van der Waals surface area contributed by atoms with Gasteiger partial charge in [-0.25, -0.2) is 4.98 Å². The summed E-state index contributed by atoms with van der Waals surface area (Å²) in [7, 11) is 0. The maximum absolute atomic E-state index is 12.1. The largest absolute Gasteiger partial charge is 0.447 e. The van der Waals surface area contributed by atoms with E-state index in [-0.39, 0.29) is 11.9 Å².